The first-order valence-electron chi connectivity index (χ1n) is 16.0. The van der Waals surface area contributed by atoms with E-state index in [0.29, 0.717) is 38.9 Å². The molecule has 0 aromatic heterocycles. The third kappa shape index (κ3) is 7.15. The van der Waals surface area contributed by atoms with Gasteiger partial charge in [-0.1, -0.05) is 129 Å². The minimum atomic E-state index is 0.260. The van der Waals surface area contributed by atoms with Gasteiger partial charge >= 0.3 is 0 Å². The molecule has 6 heteroatoms. The van der Waals surface area contributed by atoms with Crippen molar-refractivity contribution < 1.29 is 19.7 Å². The number of benzene rings is 6. The molecule has 7 rings (SSSR count). The number of hydrogen-bond donors (Lipinski definition) is 2. The fourth-order valence-electron chi connectivity index (χ4n) is 6.46. The summed E-state index contributed by atoms with van der Waals surface area (Å²) >= 11 is 7.46. The van der Waals surface area contributed by atoms with Crippen LogP contribution in [-0.4, -0.2) is 10.2 Å². The lowest BCUT2D eigenvalue weighted by Crippen LogP contribution is -2.06. The first kappa shape index (κ1) is 32.0. The van der Waals surface area contributed by atoms with E-state index in [1.54, 1.807) is 0 Å². The zero-order valence-electron chi connectivity index (χ0n) is 26.3. The molecule has 1 aliphatic rings. The Morgan fingerprint density at radius 3 is 1.04 bits per heavy atom. The number of phenols is 2. The van der Waals surface area contributed by atoms with Crippen molar-refractivity contribution >= 4 is 31.9 Å². The second kappa shape index (κ2) is 14.3. The minimum Gasteiger partial charge on any atom is -0.507 e. The topological polar surface area (TPSA) is 58.9 Å². The molecule has 0 saturated heterocycles. The number of hydrogen-bond acceptors (Lipinski definition) is 4. The van der Waals surface area contributed by atoms with Crippen molar-refractivity contribution in [2.24, 2.45) is 0 Å². The SMILES string of the molecule is Oc1c2cc(Br)cc1Cc1cccc(c1OCc1ccccc1)Cc1cc(Br)cc(c1O)Cc1cccc(c1OCc1ccccc1)C2. The third-order valence-corrected chi connectivity index (χ3v) is 9.71. The molecule has 0 heterocycles. The quantitative estimate of drug-likeness (QED) is 0.177. The van der Waals surface area contributed by atoms with Gasteiger partial charge in [-0.15, -0.1) is 0 Å². The van der Waals surface area contributed by atoms with Crippen LogP contribution in [0.2, 0.25) is 0 Å². The average molecular weight is 763 g/mol. The van der Waals surface area contributed by atoms with Gasteiger partial charge in [0, 0.05) is 34.6 Å². The Kier molecular flexibility index (Phi) is 9.55. The van der Waals surface area contributed by atoms with Gasteiger partial charge in [0.15, 0.2) is 0 Å². The Bertz CT molecular complexity index is 1840. The van der Waals surface area contributed by atoms with E-state index in [1.165, 1.54) is 0 Å². The summed E-state index contributed by atoms with van der Waals surface area (Å²) in [6, 6.07) is 40.4. The van der Waals surface area contributed by atoms with Gasteiger partial charge in [0.05, 0.1) is 0 Å². The van der Waals surface area contributed by atoms with Crippen molar-refractivity contribution in [3.8, 4) is 23.0 Å². The molecular formula is C42H34Br2O4. The Labute approximate surface area is 297 Å². The van der Waals surface area contributed by atoms with Crippen molar-refractivity contribution in [1.29, 1.82) is 0 Å². The van der Waals surface area contributed by atoms with Crippen molar-refractivity contribution in [3.63, 3.8) is 0 Å². The minimum absolute atomic E-state index is 0.260. The number of aromatic hydroxyl groups is 2. The normalized spacial score (nSPS) is 12.4. The highest BCUT2D eigenvalue weighted by Gasteiger charge is 2.21. The molecule has 4 nitrogen and oxygen atoms in total. The lowest BCUT2D eigenvalue weighted by molar-refractivity contribution is 0.300. The first-order chi connectivity index (χ1) is 23.4. The van der Waals surface area contributed by atoms with Gasteiger partial charge in [-0.2, -0.15) is 0 Å². The van der Waals surface area contributed by atoms with Crippen molar-refractivity contribution in [2.45, 2.75) is 38.9 Å². The fourth-order valence-corrected chi connectivity index (χ4v) is 7.56. The molecule has 0 saturated carbocycles. The molecule has 48 heavy (non-hydrogen) atoms. The zero-order chi connectivity index (χ0) is 33.0. The van der Waals surface area contributed by atoms with Gasteiger partial charge in [-0.05, 0) is 79.9 Å². The second-order valence-electron chi connectivity index (χ2n) is 12.2. The number of fused-ring (bicyclic) bond motifs is 8. The van der Waals surface area contributed by atoms with E-state index in [0.717, 1.165) is 76.1 Å². The highest BCUT2D eigenvalue weighted by molar-refractivity contribution is 9.10. The predicted molar refractivity (Wildman–Crippen MR) is 197 cm³/mol. The van der Waals surface area contributed by atoms with Crippen LogP contribution in [0.25, 0.3) is 0 Å². The lowest BCUT2D eigenvalue weighted by atomic mass is 9.91. The van der Waals surface area contributed by atoms with Crippen LogP contribution in [-0.2, 0) is 38.9 Å². The van der Waals surface area contributed by atoms with Crippen molar-refractivity contribution in [1.82, 2.24) is 0 Å². The van der Waals surface area contributed by atoms with Crippen molar-refractivity contribution in [3.05, 3.63) is 186 Å². The van der Waals surface area contributed by atoms with Gasteiger partial charge in [-0.3, -0.25) is 0 Å². The third-order valence-electron chi connectivity index (χ3n) is 8.80. The Balaban J connectivity index is 1.38. The smallest absolute Gasteiger partial charge is 0.126 e. The zero-order valence-corrected chi connectivity index (χ0v) is 29.4. The molecule has 2 N–H and O–H groups in total. The van der Waals surface area contributed by atoms with E-state index < -0.39 is 0 Å². The van der Waals surface area contributed by atoms with E-state index in [1.807, 2.05) is 97.1 Å². The summed E-state index contributed by atoms with van der Waals surface area (Å²) in [5.41, 5.74) is 9.13. The first-order valence-corrected chi connectivity index (χ1v) is 17.6. The van der Waals surface area contributed by atoms with E-state index in [2.05, 4.69) is 56.1 Å². The van der Waals surface area contributed by atoms with Crippen LogP contribution in [0.5, 0.6) is 23.0 Å². The number of ether oxygens (including phenoxy) is 2. The van der Waals surface area contributed by atoms with Crippen LogP contribution < -0.4 is 9.47 Å². The summed E-state index contributed by atoms with van der Waals surface area (Å²) in [6.45, 7) is 0.799. The van der Waals surface area contributed by atoms with E-state index >= 15 is 0 Å². The Morgan fingerprint density at radius 2 is 0.729 bits per heavy atom. The summed E-state index contributed by atoms with van der Waals surface area (Å²) in [5.74, 6) is 2.04. The molecule has 8 bridgehead atoms. The monoisotopic (exact) mass is 760 g/mol. The van der Waals surface area contributed by atoms with Crippen molar-refractivity contribution in [2.75, 3.05) is 0 Å². The summed E-state index contributed by atoms with van der Waals surface area (Å²) in [5, 5.41) is 23.5. The number of para-hydroxylation sites is 2. The van der Waals surface area contributed by atoms with Gasteiger partial charge in [0.2, 0.25) is 0 Å². The Morgan fingerprint density at radius 1 is 0.417 bits per heavy atom. The van der Waals surface area contributed by atoms with E-state index in [4.69, 9.17) is 9.47 Å². The molecule has 0 atom stereocenters. The molecule has 0 unspecified atom stereocenters. The van der Waals surface area contributed by atoms with Crippen LogP contribution >= 0.6 is 31.9 Å². The van der Waals surface area contributed by atoms with Gasteiger partial charge < -0.3 is 19.7 Å². The van der Waals surface area contributed by atoms with Gasteiger partial charge in [0.1, 0.15) is 36.2 Å². The molecule has 0 radical (unpaired) electrons. The molecule has 0 fully saturated rings. The Hall–Kier alpha value is -4.52. The molecular weight excluding hydrogens is 728 g/mol. The van der Waals surface area contributed by atoms with Gasteiger partial charge in [-0.25, -0.2) is 0 Å². The summed E-state index contributed by atoms with van der Waals surface area (Å²) in [7, 11) is 0. The maximum atomic E-state index is 11.8. The molecule has 6 aromatic rings. The van der Waals surface area contributed by atoms with Crippen LogP contribution in [0.1, 0.15) is 55.6 Å². The molecule has 1 aliphatic carbocycles. The van der Waals surface area contributed by atoms with Crippen LogP contribution in [0, 0.1) is 0 Å². The molecule has 0 amide bonds. The number of phenolic OH excluding ortho intramolecular Hbond substituents is 2. The van der Waals surface area contributed by atoms with E-state index in [-0.39, 0.29) is 11.5 Å². The second-order valence-corrected chi connectivity index (χ2v) is 14.0. The molecule has 0 aliphatic heterocycles. The summed E-state index contributed by atoms with van der Waals surface area (Å²) < 4.78 is 15.0. The number of halogens is 2. The van der Waals surface area contributed by atoms with Crippen LogP contribution in [0.4, 0.5) is 0 Å². The highest BCUT2D eigenvalue weighted by atomic mass is 79.9. The van der Waals surface area contributed by atoms with Crippen LogP contribution in [0.3, 0.4) is 0 Å². The van der Waals surface area contributed by atoms with E-state index in [9.17, 15) is 10.2 Å². The molecule has 0 spiro atoms. The maximum Gasteiger partial charge on any atom is 0.126 e. The summed E-state index contributed by atoms with van der Waals surface area (Å²) in [4.78, 5) is 0. The highest BCUT2D eigenvalue weighted by Crippen LogP contribution is 2.40. The average Bonchev–Trinajstić information content (AvgIpc) is 3.09. The fraction of sp³-hybridized carbons (Fsp3) is 0.143. The predicted octanol–water partition coefficient (Wildman–Crippen LogP) is 10.5. The molecule has 6 aromatic carbocycles. The standard InChI is InChI=1S/C42H34Br2O4/c43-37-21-33-17-29-13-7-14-30(41(29)47-25-27-9-3-1-4-10-27)18-34-22-38(44)24-36(40(34)46)20-32-16-8-15-31(19-35(23-37)39(33)45)42(32)48-26-28-11-5-2-6-12-28/h1-16,21-24,45-46H,17-20,25-26H2. The maximum absolute atomic E-state index is 11.8. The number of rotatable bonds is 6. The van der Waals surface area contributed by atoms with Crippen LogP contribution in [0.15, 0.2) is 130 Å². The largest absolute Gasteiger partial charge is 0.507 e. The molecule has 240 valence electrons. The lowest BCUT2D eigenvalue weighted by Gasteiger charge is -2.21. The summed E-state index contributed by atoms with van der Waals surface area (Å²) in [6.07, 6.45) is 1.85. The van der Waals surface area contributed by atoms with Gasteiger partial charge in [0.25, 0.3) is 0 Å².